The lowest BCUT2D eigenvalue weighted by atomic mass is 10.1. The van der Waals surface area contributed by atoms with Gasteiger partial charge in [0.15, 0.2) is 0 Å². The fourth-order valence-electron chi connectivity index (χ4n) is 3.12. The van der Waals surface area contributed by atoms with Gasteiger partial charge in [0.25, 0.3) is 5.91 Å². The molecule has 1 aliphatic rings. The van der Waals surface area contributed by atoms with Crippen molar-refractivity contribution in [2.45, 2.75) is 19.9 Å². The van der Waals surface area contributed by atoms with Crippen LogP contribution in [0.1, 0.15) is 22.8 Å². The van der Waals surface area contributed by atoms with Crippen LogP contribution in [0.15, 0.2) is 42.5 Å². The van der Waals surface area contributed by atoms with Crippen LogP contribution in [0.5, 0.6) is 5.75 Å². The maximum absolute atomic E-state index is 14.2. The van der Waals surface area contributed by atoms with E-state index in [1.165, 1.54) is 15.9 Å². The molecule has 2 aromatic carbocycles. The molecule has 5 nitrogen and oxygen atoms in total. The van der Waals surface area contributed by atoms with Crippen LogP contribution in [-0.2, 0) is 4.79 Å². The van der Waals surface area contributed by atoms with E-state index in [1.807, 2.05) is 6.92 Å². The van der Waals surface area contributed by atoms with Gasteiger partial charge in [-0.1, -0.05) is 6.07 Å². The number of halogens is 1. The van der Waals surface area contributed by atoms with Crippen LogP contribution in [0.4, 0.5) is 10.1 Å². The van der Waals surface area contributed by atoms with Gasteiger partial charge in [0.1, 0.15) is 17.6 Å². The van der Waals surface area contributed by atoms with E-state index in [1.54, 1.807) is 50.4 Å². The second kappa shape index (κ2) is 7.15. The lowest BCUT2D eigenvalue weighted by Gasteiger charge is -2.39. The number of benzene rings is 2. The van der Waals surface area contributed by atoms with E-state index >= 15 is 0 Å². The Morgan fingerprint density at radius 1 is 1.15 bits per heavy atom. The molecule has 1 saturated heterocycles. The van der Waals surface area contributed by atoms with Crippen LogP contribution in [0, 0.1) is 12.7 Å². The molecule has 2 amide bonds. The highest BCUT2D eigenvalue weighted by Crippen LogP contribution is 2.25. The summed E-state index contributed by atoms with van der Waals surface area (Å²) in [6.45, 7) is 4.11. The van der Waals surface area contributed by atoms with Crippen molar-refractivity contribution in [3.8, 4) is 5.75 Å². The van der Waals surface area contributed by atoms with Gasteiger partial charge in [-0.25, -0.2) is 4.39 Å². The molecule has 0 saturated carbocycles. The van der Waals surface area contributed by atoms with Gasteiger partial charge in [0.05, 0.1) is 12.8 Å². The van der Waals surface area contributed by atoms with Crippen molar-refractivity contribution in [2.75, 3.05) is 25.1 Å². The molecule has 26 heavy (non-hydrogen) atoms. The number of hydrogen-bond donors (Lipinski definition) is 0. The summed E-state index contributed by atoms with van der Waals surface area (Å²) in [7, 11) is 1.56. The molecule has 6 heteroatoms. The molecular formula is C20H21FN2O3. The fourth-order valence-corrected chi connectivity index (χ4v) is 3.12. The minimum Gasteiger partial charge on any atom is -0.497 e. The maximum atomic E-state index is 14.2. The van der Waals surface area contributed by atoms with Crippen molar-refractivity contribution in [1.82, 2.24) is 4.90 Å². The van der Waals surface area contributed by atoms with Gasteiger partial charge in [-0.05, 0) is 55.8 Å². The first-order chi connectivity index (χ1) is 12.4. The normalized spacial score (nSPS) is 17.4. The van der Waals surface area contributed by atoms with Gasteiger partial charge in [0, 0.05) is 18.7 Å². The molecule has 0 aliphatic carbocycles. The largest absolute Gasteiger partial charge is 0.497 e. The minimum absolute atomic E-state index is 0.224. The van der Waals surface area contributed by atoms with E-state index in [-0.39, 0.29) is 24.0 Å². The summed E-state index contributed by atoms with van der Waals surface area (Å²) in [5.74, 6) is -0.294. The van der Waals surface area contributed by atoms with E-state index < -0.39 is 11.9 Å². The first kappa shape index (κ1) is 17.9. The zero-order valence-electron chi connectivity index (χ0n) is 15.0. The van der Waals surface area contributed by atoms with Crippen LogP contribution in [0.25, 0.3) is 0 Å². The molecule has 2 aromatic rings. The van der Waals surface area contributed by atoms with Gasteiger partial charge in [-0.15, -0.1) is 0 Å². The number of carbonyl (C=O) groups is 2. The van der Waals surface area contributed by atoms with Crippen LogP contribution in [-0.4, -0.2) is 43.0 Å². The molecule has 0 aromatic heterocycles. The summed E-state index contributed by atoms with van der Waals surface area (Å²) in [4.78, 5) is 28.5. The number of methoxy groups -OCH3 is 1. The Morgan fingerprint density at radius 2 is 1.85 bits per heavy atom. The highest BCUT2D eigenvalue weighted by Gasteiger charge is 2.36. The van der Waals surface area contributed by atoms with Crippen LogP contribution >= 0.6 is 0 Å². The standard InChI is InChI=1S/C20H21FN2O3/c1-13-4-9-17(21)18(12-13)23-11-10-22(14(2)19(23)24)20(25)15-5-7-16(26-3)8-6-15/h4-9,12,14H,10-11H2,1-3H3/t14-/m0/s1. The molecule has 0 radical (unpaired) electrons. The summed E-state index contributed by atoms with van der Waals surface area (Å²) in [6.07, 6.45) is 0. The van der Waals surface area contributed by atoms with Crippen molar-refractivity contribution in [2.24, 2.45) is 0 Å². The molecule has 0 unspecified atom stereocenters. The van der Waals surface area contributed by atoms with Gasteiger partial charge < -0.3 is 14.5 Å². The SMILES string of the molecule is COc1ccc(C(=O)N2CCN(c3cc(C)ccc3F)C(=O)[C@@H]2C)cc1. The Kier molecular flexibility index (Phi) is 4.93. The number of ether oxygens (including phenoxy) is 1. The average Bonchev–Trinajstić information content (AvgIpc) is 2.65. The molecule has 1 fully saturated rings. The summed E-state index contributed by atoms with van der Waals surface area (Å²) >= 11 is 0. The molecule has 3 rings (SSSR count). The topological polar surface area (TPSA) is 49.9 Å². The third kappa shape index (κ3) is 3.27. The van der Waals surface area contributed by atoms with Crippen molar-refractivity contribution < 1.29 is 18.7 Å². The quantitative estimate of drug-likeness (QED) is 0.849. The molecular weight excluding hydrogens is 335 g/mol. The lowest BCUT2D eigenvalue weighted by Crippen LogP contribution is -2.58. The second-order valence-electron chi connectivity index (χ2n) is 6.35. The Hall–Kier alpha value is -2.89. The highest BCUT2D eigenvalue weighted by molar-refractivity contribution is 6.03. The summed E-state index contributed by atoms with van der Waals surface area (Å²) in [5.41, 5.74) is 1.62. The number of piperazine rings is 1. The van der Waals surface area contributed by atoms with Crippen LogP contribution < -0.4 is 9.64 Å². The monoisotopic (exact) mass is 356 g/mol. The number of carbonyl (C=O) groups excluding carboxylic acids is 2. The number of aryl methyl sites for hydroxylation is 1. The van der Waals surface area contributed by atoms with Crippen molar-refractivity contribution in [3.63, 3.8) is 0 Å². The third-order valence-corrected chi connectivity index (χ3v) is 4.65. The Labute approximate surface area is 152 Å². The molecule has 1 aliphatic heterocycles. The van der Waals surface area contributed by atoms with Gasteiger partial charge in [-0.3, -0.25) is 9.59 Å². The summed E-state index contributed by atoms with van der Waals surface area (Å²) < 4.78 is 19.3. The molecule has 136 valence electrons. The third-order valence-electron chi connectivity index (χ3n) is 4.65. The first-order valence-electron chi connectivity index (χ1n) is 8.45. The molecule has 1 atom stereocenters. The second-order valence-corrected chi connectivity index (χ2v) is 6.35. The smallest absolute Gasteiger partial charge is 0.254 e. The summed E-state index contributed by atoms with van der Waals surface area (Å²) in [5, 5.41) is 0. The zero-order chi connectivity index (χ0) is 18.8. The van der Waals surface area contributed by atoms with Crippen LogP contribution in [0.3, 0.4) is 0 Å². The minimum atomic E-state index is -0.668. The first-order valence-corrected chi connectivity index (χ1v) is 8.45. The Bertz CT molecular complexity index is 835. The molecule has 1 heterocycles. The number of nitrogens with zero attached hydrogens (tertiary/aromatic N) is 2. The van der Waals surface area contributed by atoms with E-state index in [2.05, 4.69) is 0 Å². The van der Waals surface area contributed by atoms with Crippen LogP contribution in [0.2, 0.25) is 0 Å². The van der Waals surface area contributed by atoms with E-state index in [4.69, 9.17) is 4.74 Å². The Morgan fingerprint density at radius 3 is 2.50 bits per heavy atom. The number of rotatable bonds is 3. The van der Waals surface area contributed by atoms with E-state index in [9.17, 15) is 14.0 Å². The van der Waals surface area contributed by atoms with Gasteiger partial charge in [0.2, 0.25) is 5.91 Å². The molecule has 0 bridgehead atoms. The van der Waals surface area contributed by atoms with Gasteiger partial charge >= 0.3 is 0 Å². The highest BCUT2D eigenvalue weighted by atomic mass is 19.1. The summed E-state index contributed by atoms with van der Waals surface area (Å²) in [6, 6.07) is 10.8. The van der Waals surface area contributed by atoms with Crippen molar-refractivity contribution in [1.29, 1.82) is 0 Å². The molecule has 0 spiro atoms. The fraction of sp³-hybridized carbons (Fsp3) is 0.300. The predicted octanol–water partition coefficient (Wildman–Crippen LogP) is 3.02. The predicted molar refractivity (Wildman–Crippen MR) is 97.0 cm³/mol. The van der Waals surface area contributed by atoms with Crippen molar-refractivity contribution >= 4 is 17.5 Å². The van der Waals surface area contributed by atoms with E-state index in [0.29, 0.717) is 17.9 Å². The number of anilines is 1. The van der Waals surface area contributed by atoms with E-state index in [0.717, 1.165) is 5.56 Å². The van der Waals surface area contributed by atoms with Crippen molar-refractivity contribution in [3.05, 3.63) is 59.4 Å². The average molecular weight is 356 g/mol. The lowest BCUT2D eigenvalue weighted by molar-refractivity contribution is -0.124. The molecule has 0 N–H and O–H groups in total. The maximum Gasteiger partial charge on any atom is 0.254 e. The number of amides is 2. The zero-order valence-corrected chi connectivity index (χ0v) is 15.0. The Balaban J connectivity index is 1.80. The number of hydrogen-bond acceptors (Lipinski definition) is 3. The van der Waals surface area contributed by atoms with Gasteiger partial charge in [-0.2, -0.15) is 0 Å².